The summed E-state index contributed by atoms with van der Waals surface area (Å²) in [6.07, 6.45) is 1.84. The van der Waals surface area contributed by atoms with Crippen LogP contribution in [0.5, 0.6) is 0 Å². The van der Waals surface area contributed by atoms with E-state index in [1.807, 2.05) is 18.2 Å². The average Bonchev–Trinajstić information content (AvgIpc) is 1.98. The molecule has 0 radical (unpaired) electrons. The van der Waals surface area contributed by atoms with Crippen molar-refractivity contribution in [1.29, 1.82) is 0 Å². The molecule has 0 aromatic heterocycles. The van der Waals surface area contributed by atoms with Crippen LogP contribution in [0.4, 0.5) is 0 Å². The van der Waals surface area contributed by atoms with Gasteiger partial charge in [-0.05, 0) is 49.6 Å². The van der Waals surface area contributed by atoms with Crippen molar-refractivity contribution in [1.82, 2.24) is 0 Å². The highest BCUT2D eigenvalue weighted by Gasteiger charge is 2.01. The first-order valence-electron chi connectivity index (χ1n) is 3.08. The Morgan fingerprint density at radius 2 is 1.92 bits per heavy atom. The van der Waals surface area contributed by atoms with Gasteiger partial charge < -0.3 is 0 Å². The van der Waals surface area contributed by atoms with E-state index in [2.05, 4.69) is 31.9 Å². The highest BCUT2D eigenvalue weighted by Crippen LogP contribution is 2.29. The van der Waals surface area contributed by atoms with Crippen molar-refractivity contribution < 1.29 is 0 Å². The van der Waals surface area contributed by atoms with Crippen LogP contribution in [0.1, 0.15) is 5.56 Å². The van der Waals surface area contributed by atoms with E-state index in [-0.39, 0.29) is 0 Å². The molecule has 1 aromatic carbocycles. The standard InChI is InChI=1S/C8H4Br2Cl2/c9-7(10)4-5-2-1-3-6(11)8(5)12/h1-4H. The fourth-order valence-corrected chi connectivity index (χ4v) is 1.61. The molecule has 0 bridgehead atoms. The number of halogens is 4. The van der Waals surface area contributed by atoms with E-state index in [9.17, 15) is 0 Å². The van der Waals surface area contributed by atoms with Crippen LogP contribution in [0.15, 0.2) is 21.6 Å². The topological polar surface area (TPSA) is 0 Å². The maximum absolute atomic E-state index is 5.92. The summed E-state index contributed by atoms with van der Waals surface area (Å²) in [6.45, 7) is 0. The van der Waals surface area contributed by atoms with Crippen LogP contribution in [0.25, 0.3) is 6.08 Å². The zero-order valence-corrected chi connectivity index (χ0v) is 10.5. The lowest BCUT2D eigenvalue weighted by Crippen LogP contribution is -1.75. The molecule has 0 amide bonds. The highest BCUT2D eigenvalue weighted by molar-refractivity contribution is 9.28. The number of hydrogen-bond donors (Lipinski definition) is 0. The molecule has 0 unspecified atom stereocenters. The van der Waals surface area contributed by atoms with Gasteiger partial charge in [-0.1, -0.05) is 35.3 Å². The second-order valence-corrected chi connectivity index (χ2v) is 5.64. The maximum Gasteiger partial charge on any atom is 0.0665 e. The van der Waals surface area contributed by atoms with Crippen LogP contribution in [0, 0.1) is 0 Å². The van der Waals surface area contributed by atoms with Gasteiger partial charge in [0, 0.05) is 0 Å². The molecule has 64 valence electrons. The van der Waals surface area contributed by atoms with Crippen LogP contribution < -0.4 is 0 Å². The Morgan fingerprint density at radius 3 is 2.50 bits per heavy atom. The third-order valence-corrected chi connectivity index (χ3v) is 2.54. The smallest absolute Gasteiger partial charge is 0.0665 e. The van der Waals surface area contributed by atoms with E-state index >= 15 is 0 Å². The first kappa shape index (κ1) is 10.6. The molecule has 0 atom stereocenters. The molecule has 0 spiro atoms. The summed E-state index contributed by atoms with van der Waals surface area (Å²) in [5.41, 5.74) is 0.882. The van der Waals surface area contributed by atoms with Gasteiger partial charge in [0.25, 0.3) is 0 Å². The lowest BCUT2D eigenvalue weighted by Gasteiger charge is -1.99. The van der Waals surface area contributed by atoms with Crippen molar-refractivity contribution in [2.75, 3.05) is 0 Å². The van der Waals surface area contributed by atoms with Crippen LogP contribution >= 0.6 is 55.1 Å². The summed E-state index contributed by atoms with van der Waals surface area (Å²) in [4.78, 5) is 0. The van der Waals surface area contributed by atoms with Gasteiger partial charge in [-0.2, -0.15) is 0 Å². The molecule has 0 heterocycles. The second kappa shape index (κ2) is 4.66. The third kappa shape index (κ3) is 2.77. The molecule has 4 heteroatoms. The van der Waals surface area contributed by atoms with E-state index in [1.165, 1.54) is 0 Å². The molecular formula is C8H4Br2Cl2. The van der Waals surface area contributed by atoms with Crippen molar-refractivity contribution in [2.45, 2.75) is 0 Å². The minimum Gasteiger partial charge on any atom is -0.0827 e. The van der Waals surface area contributed by atoms with Crippen LogP contribution in [0.3, 0.4) is 0 Å². The Labute approximate surface area is 97.8 Å². The molecule has 0 saturated heterocycles. The largest absolute Gasteiger partial charge is 0.0827 e. The van der Waals surface area contributed by atoms with Crippen molar-refractivity contribution in [3.63, 3.8) is 0 Å². The Balaban J connectivity index is 3.17. The minimum atomic E-state index is 0.562. The third-order valence-electron chi connectivity index (χ3n) is 1.25. The van der Waals surface area contributed by atoms with Crippen molar-refractivity contribution in [2.24, 2.45) is 0 Å². The van der Waals surface area contributed by atoms with Gasteiger partial charge >= 0.3 is 0 Å². The van der Waals surface area contributed by atoms with E-state index in [0.29, 0.717) is 10.0 Å². The Morgan fingerprint density at radius 1 is 1.25 bits per heavy atom. The van der Waals surface area contributed by atoms with E-state index < -0.39 is 0 Å². The zero-order valence-electron chi connectivity index (χ0n) is 5.82. The summed E-state index contributed by atoms with van der Waals surface area (Å²) < 4.78 is 0.833. The Hall–Kier alpha value is 0.500. The Kier molecular flexibility index (Phi) is 4.11. The predicted octanol–water partition coefficient (Wildman–Crippen LogP) is 5.08. The average molecular weight is 331 g/mol. The lowest BCUT2D eigenvalue weighted by molar-refractivity contribution is 1.66. The Bertz CT molecular complexity index is 317. The summed E-state index contributed by atoms with van der Waals surface area (Å²) in [6, 6.07) is 5.49. The molecule has 0 aliphatic heterocycles. The maximum atomic E-state index is 5.92. The molecule has 0 aliphatic carbocycles. The summed E-state index contributed by atoms with van der Waals surface area (Å²) in [7, 11) is 0. The van der Waals surface area contributed by atoms with Gasteiger partial charge in [0.2, 0.25) is 0 Å². The lowest BCUT2D eigenvalue weighted by atomic mass is 10.2. The predicted molar refractivity (Wildman–Crippen MR) is 62.3 cm³/mol. The van der Waals surface area contributed by atoms with E-state index in [4.69, 9.17) is 23.2 Å². The molecular weight excluding hydrogens is 327 g/mol. The quantitative estimate of drug-likeness (QED) is 0.673. The SMILES string of the molecule is Clc1cccc(C=C(Br)Br)c1Cl. The molecule has 0 saturated carbocycles. The number of benzene rings is 1. The summed E-state index contributed by atoms with van der Waals surface area (Å²) in [5.74, 6) is 0. The molecule has 1 rings (SSSR count). The van der Waals surface area contributed by atoms with Gasteiger partial charge in [-0.25, -0.2) is 0 Å². The van der Waals surface area contributed by atoms with E-state index in [1.54, 1.807) is 6.07 Å². The van der Waals surface area contributed by atoms with Crippen LogP contribution in [-0.4, -0.2) is 0 Å². The van der Waals surface area contributed by atoms with Crippen LogP contribution in [0.2, 0.25) is 10.0 Å². The molecule has 1 aromatic rings. The molecule has 0 nitrogen and oxygen atoms in total. The zero-order chi connectivity index (χ0) is 9.14. The summed E-state index contributed by atoms with van der Waals surface area (Å²) >= 11 is 18.2. The fraction of sp³-hybridized carbons (Fsp3) is 0. The normalized spacial score (nSPS) is 9.67. The number of rotatable bonds is 1. The van der Waals surface area contributed by atoms with Gasteiger partial charge in [0.1, 0.15) is 0 Å². The van der Waals surface area contributed by atoms with Gasteiger partial charge in [0.15, 0.2) is 0 Å². The van der Waals surface area contributed by atoms with Gasteiger partial charge in [-0.15, -0.1) is 0 Å². The molecule has 0 N–H and O–H groups in total. The number of hydrogen-bond acceptors (Lipinski definition) is 0. The second-order valence-electron chi connectivity index (χ2n) is 2.08. The first-order chi connectivity index (χ1) is 5.61. The van der Waals surface area contributed by atoms with Crippen molar-refractivity contribution in [3.8, 4) is 0 Å². The summed E-state index contributed by atoms with van der Waals surface area (Å²) in [5, 5.41) is 1.13. The minimum absolute atomic E-state index is 0.562. The molecule has 0 fully saturated rings. The van der Waals surface area contributed by atoms with Gasteiger partial charge in [-0.3, -0.25) is 0 Å². The van der Waals surface area contributed by atoms with E-state index in [0.717, 1.165) is 8.96 Å². The molecule has 0 aliphatic rings. The first-order valence-corrected chi connectivity index (χ1v) is 5.42. The fourth-order valence-electron chi connectivity index (χ4n) is 0.750. The van der Waals surface area contributed by atoms with Crippen molar-refractivity contribution >= 4 is 61.1 Å². The van der Waals surface area contributed by atoms with Crippen LogP contribution in [-0.2, 0) is 0 Å². The highest BCUT2D eigenvalue weighted by atomic mass is 79.9. The van der Waals surface area contributed by atoms with Crippen molar-refractivity contribution in [3.05, 3.63) is 37.2 Å². The van der Waals surface area contributed by atoms with Gasteiger partial charge in [0.05, 0.1) is 13.4 Å². The molecule has 12 heavy (non-hydrogen) atoms. The monoisotopic (exact) mass is 328 g/mol.